The normalized spacial score (nSPS) is 11.2. The van der Waals surface area contributed by atoms with Crippen molar-refractivity contribution < 1.29 is 13.2 Å². The van der Waals surface area contributed by atoms with E-state index >= 15 is 0 Å². The number of anilines is 1. The van der Waals surface area contributed by atoms with Crippen LogP contribution in [-0.4, -0.2) is 39.9 Å². The molecule has 27 heavy (non-hydrogen) atoms. The third-order valence-electron chi connectivity index (χ3n) is 3.95. The van der Waals surface area contributed by atoms with Crippen LogP contribution in [0.3, 0.4) is 0 Å². The van der Waals surface area contributed by atoms with Gasteiger partial charge in [0.2, 0.25) is 15.9 Å². The standard InChI is InChI=1S/C19H22N4O3S/c1-14-7-8-17(10-18(14)27(25,26)21-2)22-19(24)13-23(3)12-16-6-4-5-15(9-16)11-20/h4-10,21H,12-13H2,1-3H3,(H,22,24). The van der Waals surface area contributed by atoms with E-state index in [4.69, 9.17) is 5.26 Å². The molecule has 0 aliphatic heterocycles. The molecule has 0 atom stereocenters. The van der Waals surface area contributed by atoms with Gasteiger partial charge in [0.15, 0.2) is 0 Å². The fourth-order valence-corrected chi connectivity index (χ4v) is 3.62. The first kappa shape index (κ1) is 20.6. The van der Waals surface area contributed by atoms with Crippen LogP contribution in [0.2, 0.25) is 0 Å². The van der Waals surface area contributed by atoms with Gasteiger partial charge in [0.25, 0.3) is 0 Å². The summed E-state index contributed by atoms with van der Waals surface area (Å²) in [5.74, 6) is -0.259. The van der Waals surface area contributed by atoms with Crippen molar-refractivity contribution >= 4 is 21.6 Å². The van der Waals surface area contributed by atoms with Gasteiger partial charge in [-0.3, -0.25) is 9.69 Å². The first-order valence-corrected chi connectivity index (χ1v) is 9.75. The zero-order valence-electron chi connectivity index (χ0n) is 15.5. The van der Waals surface area contributed by atoms with E-state index in [2.05, 4.69) is 16.1 Å². The van der Waals surface area contributed by atoms with Gasteiger partial charge in [-0.25, -0.2) is 13.1 Å². The van der Waals surface area contributed by atoms with E-state index in [1.54, 1.807) is 44.3 Å². The molecule has 0 fully saturated rings. The van der Waals surface area contributed by atoms with Gasteiger partial charge in [0, 0.05) is 12.2 Å². The van der Waals surface area contributed by atoms with Gasteiger partial charge in [0.1, 0.15) is 0 Å². The second-order valence-electron chi connectivity index (χ2n) is 6.22. The molecule has 0 aliphatic rings. The Morgan fingerprint density at radius 3 is 2.63 bits per heavy atom. The molecule has 0 saturated heterocycles. The summed E-state index contributed by atoms with van der Waals surface area (Å²) in [5, 5.41) is 11.7. The zero-order chi connectivity index (χ0) is 20.0. The molecular weight excluding hydrogens is 364 g/mol. The Bertz CT molecular complexity index is 981. The molecule has 1 amide bonds. The van der Waals surface area contributed by atoms with Crippen LogP contribution < -0.4 is 10.0 Å². The number of aryl methyl sites for hydroxylation is 1. The predicted molar refractivity (Wildman–Crippen MR) is 104 cm³/mol. The molecule has 0 saturated carbocycles. The van der Waals surface area contributed by atoms with Gasteiger partial charge >= 0.3 is 0 Å². The summed E-state index contributed by atoms with van der Waals surface area (Å²) in [5.41, 5.74) is 2.52. The molecule has 0 aliphatic carbocycles. The molecule has 2 aromatic carbocycles. The highest BCUT2D eigenvalue weighted by molar-refractivity contribution is 7.89. The average molecular weight is 386 g/mol. The molecule has 8 heteroatoms. The van der Waals surface area contributed by atoms with Gasteiger partial charge in [-0.15, -0.1) is 0 Å². The van der Waals surface area contributed by atoms with Crippen molar-refractivity contribution in [3.05, 3.63) is 59.2 Å². The molecule has 0 radical (unpaired) electrons. The Labute approximate surface area is 159 Å². The highest BCUT2D eigenvalue weighted by atomic mass is 32.2. The Morgan fingerprint density at radius 1 is 1.22 bits per heavy atom. The summed E-state index contributed by atoms with van der Waals surface area (Å²) in [6, 6.07) is 14.0. The number of nitriles is 1. The highest BCUT2D eigenvalue weighted by Crippen LogP contribution is 2.20. The third kappa shape index (κ3) is 5.62. The van der Waals surface area contributed by atoms with E-state index in [1.165, 1.54) is 13.1 Å². The maximum Gasteiger partial charge on any atom is 0.240 e. The van der Waals surface area contributed by atoms with Gasteiger partial charge in [-0.05, 0) is 56.4 Å². The first-order chi connectivity index (χ1) is 12.7. The lowest BCUT2D eigenvalue weighted by Gasteiger charge is -2.17. The summed E-state index contributed by atoms with van der Waals surface area (Å²) < 4.78 is 26.4. The average Bonchev–Trinajstić information content (AvgIpc) is 2.63. The van der Waals surface area contributed by atoms with Crippen LogP contribution >= 0.6 is 0 Å². The maximum absolute atomic E-state index is 12.3. The third-order valence-corrected chi connectivity index (χ3v) is 5.51. The predicted octanol–water partition coefficient (Wildman–Crippen LogP) is 1.85. The fourth-order valence-electron chi connectivity index (χ4n) is 2.63. The molecule has 142 valence electrons. The molecule has 7 nitrogen and oxygen atoms in total. The molecule has 0 unspecified atom stereocenters. The summed E-state index contributed by atoms with van der Waals surface area (Å²) in [7, 11) is -0.456. The van der Waals surface area contributed by atoms with Gasteiger partial charge in [0.05, 0.1) is 23.1 Å². The minimum absolute atomic E-state index is 0.124. The smallest absolute Gasteiger partial charge is 0.240 e. The second-order valence-corrected chi connectivity index (χ2v) is 8.08. The number of benzene rings is 2. The summed E-state index contributed by atoms with van der Waals surface area (Å²) in [6.45, 7) is 2.33. The number of likely N-dealkylation sites (N-methyl/N-ethyl adjacent to an activating group) is 1. The first-order valence-electron chi connectivity index (χ1n) is 8.27. The number of hydrogen-bond donors (Lipinski definition) is 2. The van der Waals surface area contributed by atoms with Crippen LogP contribution in [0, 0.1) is 18.3 Å². The van der Waals surface area contributed by atoms with E-state index in [0.29, 0.717) is 23.4 Å². The van der Waals surface area contributed by atoms with E-state index < -0.39 is 10.0 Å². The monoisotopic (exact) mass is 386 g/mol. The van der Waals surface area contributed by atoms with Crippen LogP contribution in [-0.2, 0) is 21.4 Å². The van der Waals surface area contributed by atoms with Gasteiger partial charge in [-0.2, -0.15) is 5.26 Å². The van der Waals surface area contributed by atoms with Gasteiger partial charge < -0.3 is 5.32 Å². The molecule has 0 heterocycles. The topological polar surface area (TPSA) is 102 Å². The van der Waals surface area contributed by atoms with Crippen molar-refractivity contribution in [3.8, 4) is 6.07 Å². The Balaban J connectivity index is 2.03. The van der Waals surface area contributed by atoms with Crippen molar-refractivity contribution in [2.24, 2.45) is 0 Å². The molecule has 2 rings (SSSR count). The largest absolute Gasteiger partial charge is 0.325 e. The zero-order valence-corrected chi connectivity index (χ0v) is 16.3. The second kappa shape index (κ2) is 8.77. The fraction of sp³-hybridized carbons (Fsp3) is 0.263. The molecule has 2 N–H and O–H groups in total. The molecule has 2 aromatic rings. The van der Waals surface area contributed by atoms with Crippen molar-refractivity contribution in [3.63, 3.8) is 0 Å². The molecule has 0 aromatic heterocycles. The number of nitrogens with zero attached hydrogens (tertiary/aromatic N) is 2. The van der Waals surface area contributed by atoms with Crippen LogP contribution in [0.25, 0.3) is 0 Å². The lowest BCUT2D eigenvalue weighted by atomic mass is 10.1. The molecule has 0 bridgehead atoms. The number of carbonyl (C=O) groups is 1. The highest BCUT2D eigenvalue weighted by Gasteiger charge is 2.16. The van der Waals surface area contributed by atoms with E-state index in [0.717, 1.165) is 5.56 Å². The van der Waals surface area contributed by atoms with Crippen molar-refractivity contribution in [1.29, 1.82) is 5.26 Å². The minimum Gasteiger partial charge on any atom is -0.325 e. The Morgan fingerprint density at radius 2 is 1.96 bits per heavy atom. The number of carbonyl (C=O) groups excluding carboxylic acids is 1. The number of sulfonamides is 1. The SMILES string of the molecule is CNS(=O)(=O)c1cc(NC(=O)CN(C)Cc2cccc(C#N)c2)ccc1C. The lowest BCUT2D eigenvalue weighted by molar-refractivity contribution is -0.117. The molecular formula is C19H22N4O3S. The number of hydrogen-bond acceptors (Lipinski definition) is 5. The number of amides is 1. The van der Waals surface area contributed by atoms with Crippen molar-refractivity contribution in [1.82, 2.24) is 9.62 Å². The van der Waals surface area contributed by atoms with Crippen LogP contribution in [0.1, 0.15) is 16.7 Å². The quantitative estimate of drug-likeness (QED) is 0.756. The number of nitrogens with one attached hydrogen (secondary N) is 2. The van der Waals surface area contributed by atoms with E-state index in [-0.39, 0.29) is 17.3 Å². The minimum atomic E-state index is -3.60. The van der Waals surface area contributed by atoms with Gasteiger partial charge in [-0.1, -0.05) is 18.2 Å². The Kier molecular flexibility index (Phi) is 6.69. The van der Waals surface area contributed by atoms with E-state index in [1.807, 2.05) is 11.0 Å². The van der Waals surface area contributed by atoms with Crippen molar-refractivity contribution in [2.45, 2.75) is 18.4 Å². The number of rotatable bonds is 7. The summed E-state index contributed by atoms with van der Waals surface area (Å²) in [6.07, 6.45) is 0. The van der Waals surface area contributed by atoms with Crippen LogP contribution in [0.5, 0.6) is 0 Å². The lowest BCUT2D eigenvalue weighted by Crippen LogP contribution is -2.30. The summed E-state index contributed by atoms with van der Waals surface area (Å²) >= 11 is 0. The summed E-state index contributed by atoms with van der Waals surface area (Å²) in [4.78, 5) is 14.2. The van der Waals surface area contributed by atoms with E-state index in [9.17, 15) is 13.2 Å². The maximum atomic E-state index is 12.3. The van der Waals surface area contributed by atoms with Crippen LogP contribution in [0.15, 0.2) is 47.4 Å². The van der Waals surface area contributed by atoms with Crippen LogP contribution in [0.4, 0.5) is 5.69 Å². The Hall–Kier alpha value is -2.73. The van der Waals surface area contributed by atoms with Crippen molar-refractivity contribution in [2.75, 3.05) is 26.0 Å². The molecule has 0 spiro atoms.